The molecule has 0 unspecified atom stereocenters. The zero-order chi connectivity index (χ0) is 31.2. The first-order chi connectivity index (χ1) is 21.5. The minimum absolute atomic E-state index is 0. The maximum Gasteiger partial charge on any atom is 2.00 e. The van der Waals surface area contributed by atoms with E-state index in [2.05, 4.69) is 0 Å². The summed E-state index contributed by atoms with van der Waals surface area (Å²) in [5.41, 5.74) is 2.10. The largest absolute Gasteiger partial charge is 2.00 e. The zero-order valence-corrected chi connectivity index (χ0v) is 27.7. The van der Waals surface area contributed by atoms with Crippen molar-refractivity contribution < 1.29 is 29.3 Å². The first-order valence-electron chi connectivity index (χ1n) is 14.8. The van der Waals surface area contributed by atoms with E-state index in [9.17, 15) is 19.8 Å². The van der Waals surface area contributed by atoms with Crippen LogP contribution in [0.1, 0.15) is 57.5 Å². The van der Waals surface area contributed by atoms with Crippen LogP contribution in [0, 0.1) is 0 Å². The van der Waals surface area contributed by atoms with Gasteiger partial charge in [0.25, 0.3) is 0 Å². The summed E-state index contributed by atoms with van der Waals surface area (Å²) in [6.07, 6.45) is 7.37. The van der Waals surface area contributed by atoms with Crippen molar-refractivity contribution in [3.8, 4) is 0 Å². The monoisotopic (exact) mass is 630 g/mol. The van der Waals surface area contributed by atoms with E-state index >= 15 is 0 Å². The van der Waals surface area contributed by atoms with Crippen LogP contribution in [0.2, 0.25) is 0 Å². The van der Waals surface area contributed by atoms with Gasteiger partial charge in [-0.2, -0.15) is 0 Å². The molecule has 4 aromatic rings. The molecule has 2 fully saturated rings. The van der Waals surface area contributed by atoms with E-state index in [1.807, 2.05) is 24.3 Å². The molecule has 45 heavy (non-hydrogen) atoms. The summed E-state index contributed by atoms with van der Waals surface area (Å²) in [6, 6.07) is 35.0. The Bertz CT molecular complexity index is 1300. The van der Waals surface area contributed by atoms with Crippen LogP contribution in [0.4, 0.5) is 0 Å². The van der Waals surface area contributed by atoms with E-state index in [-0.39, 0.29) is 60.8 Å². The summed E-state index contributed by atoms with van der Waals surface area (Å²) < 4.78 is 9.89. The first-order valence-corrected chi connectivity index (χ1v) is 14.8. The van der Waals surface area contributed by atoms with Crippen LogP contribution in [-0.4, -0.2) is 75.7 Å². The minimum Gasteiger partial charge on any atom is -0.872 e. The Morgan fingerprint density at radius 3 is 0.911 bits per heavy atom. The molecule has 228 valence electrons. The van der Waals surface area contributed by atoms with E-state index in [0.29, 0.717) is 22.3 Å². The van der Waals surface area contributed by atoms with E-state index in [1.54, 1.807) is 97.1 Å². The summed E-state index contributed by atoms with van der Waals surface area (Å²) in [5, 5.41) is 23.5. The molecule has 2 heterocycles. The quantitative estimate of drug-likeness (QED) is 0.116. The predicted octanol–water partition coefficient (Wildman–Crippen LogP) is 5.75. The fourth-order valence-corrected chi connectivity index (χ4v) is 4.00. The molecule has 0 aromatic heterocycles. The maximum absolute atomic E-state index is 11.8. The van der Waals surface area contributed by atoms with Crippen LogP contribution in [-0.2, 0) is 9.47 Å². The third kappa shape index (κ3) is 15.4. The topological polar surface area (TPSA) is 98.7 Å². The van der Waals surface area contributed by atoms with Gasteiger partial charge in [-0.15, -0.1) is 0 Å². The van der Waals surface area contributed by atoms with Crippen molar-refractivity contribution in [1.29, 1.82) is 0 Å². The molecule has 0 atom stereocenters. The number of ketones is 2. The standard InChI is InChI=1S/2C15H12O2.2C4H8O.Ca/c2*16-14(12-7-3-1-4-8-12)11-15(17)13-9-5-2-6-10-13;2*1-2-4-5-3-1;/h2*1-11,16H;2*1-4H2;/q;;;;+2/p-2/b2*14-11-;;;. The SMILES string of the molecule is C1CCOC1.C1CCOC1.O=C(/C=C(\[O-])c1ccccc1)c1ccccc1.O=C(/C=C(\[O-])c1ccccc1)c1ccccc1.[Ca+2]. The molecule has 6 rings (SSSR count). The third-order valence-corrected chi connectivity index (χ3v) is 6.41. The fraction of sp³-hybridized carbons (Fsp3) is 0.211. The average molecular weight is 631 g/mol. The number of rotatable bonds is 6. The Morgan fingerprint density at radius 2 is 0.689 bits per heavy atom. The molecule has 0 aliphatic carbocycles. The van der Waals surface area contributed by atoms with Gasteiger partial charge in [0, 0.05) is 37.6 Å². The van der Waals surface area contributed by atoms with Gasteiger partial charge in [-0.25, -0.2) is 0 Å². The van der Waals surface area contributed by atoms with E-state index < -0.39 is 0 Å². The Kier molecular flexibility index (Phi) is 19.2. The molecule has 2 saturated heterocycles. The number of hydrogen-bond donors (Lipinski definition) is 0. The normalized spacial score (nSPS) is 13.8. The van der Waals surface area contributed by atoms with Crippen LogP contribution in [0.5, 0.6) is 0 Å². The van der Waals surface area contributed by atoms with Crippen LogP contribution in [0.3, 0.4) is 0 Å². The fourth-order valence-electron chi connectivity index (χ4n) is 4.00. The van der Waals surface area contributed by atoms with Gasteiger partial charge in [-0.05, 0) is 49.0 Å². The number of hydrogen-bond acceptors (Lipinski definition) is 6. The van der Waals surface area contributed by atoms with Crippen molar-refractivity contribution in [2.45, 2.75) is 25.7 Å². The van der Waals surface area contributed by atoms with Crippen LogP contribution >= 0.6 is 0 Å². The molecular formula is C38H38CaO6. The van der Waals surface area contributed by atoms with Crippen molar-refractivity contribution in [3.63, 3.8) is 0 Å². The molecule has 0 N–H and O–H groups in total. The smallest absolute Gasteiger partial charge is 0.872 e. The molecule has 4 aromatic carbocycles. The van der Waals surface area contributed by atoms with E-state index in [4.69, 9.17) is 9.47 Å². The average Bonchev–Trinajstić information content (AvgIpc) is 3.87. The zero-order valence-electron chi connectivity index (χ0n) is 25.5. The van der Waals surface area contributed by atoms with Gasteiger partial charge in [0.15, 0.2) is 11.6 Å². The summed E-state index contributed by atoms with van der Waals surface area (Å²) >= 11 is 0. The van der Waals surface area contributed by atoms with Crippen molar-refractivity contribution in [2.75, 3.05) is 26.4 Å². The Morgan fingerprint density at radius 1 is 0.444 bits per heavy atom. The Balaban J connectivity index is 0.000000235. The van der Waals surface area contributed by atoms with Crippen LogP contribution < -0.4 is 10.2 Å². The van der Waals surface area contributed by atoms with Gasteiger partial charge in [-0.3, -0.25) is 9.59 Å². The van der Waals surface area contributed by atoms with Gasteiger partial charge >= 0.3 is 37.7 Å². The second-order valence-electron chi connectivity index (χ2n) is 9.85. The van der Waals surface area contributed by atoms with Gasteiger partial charge in [0.1, 0.15) is 0 Å². The third-order valence-electron chi connectivity index (χ3n) is 6.41. The Hall–Kier alpha value is -3.52. The van der Waals surface area contributed by atoms with E-state index in [1.165, 1.54) is 25.7 Å². The molecule has 0 amide bonds. The number of benzene rings is 4. The van der Waals surface area contributed by atoms with Crippen molar-refractivity contribution >= 4 is 60.8 Å². The summed E-state index contributed by atoms with van der Waals surface area (Å²) in [5.74, 6) is -1.06. The van der Waals surface area contributed by atoms with Gasteiger partial charge in [0.05, 0.1) is 0 Å². The maximum atomic E-state index is 11.8. The minimum atomic E-state index is -0.264. The number of carbonyl (C=O) groups is 2. The molecule has 7 heteroatoms. The molecular weight excluding hydrogens is 592 g/mol. The predicted molar refractivity (Wildman–Crippen MR) is 176 cm³/mol. The molecule has 6 nitrogen and oxygen atoms in total. The first kappa shape index (κ1) is 37.7. The van der Waals surface area contributed by atoms with Crippen molar-refractivity contribution in [3.05, 3.63) is 156 Å². The second kappa shape index (κ2) is 22.9. The second-order valence-corrected chi connectivity index (χ2v) is 9.85. The summed E-state index contributed by atoms with van der Waals surface area (Å²) in [7, 11) is 0. The molecule has 0 saturated carbocycles. The summed E-state index contributed by atoms with van der Waals surface area (Å²) in [4.78, 5) is 23.5. The molecule has 0 bridgehead atoms. The molecule has 2 aliphatic rings. The summed E-state index contributed by atoms with van der Waals surface area (Å²) in [6.45, 7) is 4.00. The number of ether oxygens (including phenoxy) is 2. The van der Waals surface area contributed by atoms with Gasteiger partial charge < -0.3 is 19.7 Å². The van der Waals surface area contributed by atoms with E-state index in [0.717, 1.165) is 38.6 Å². The van der Waals surface area contributed by atoms with Gasteiger partial charge in [0.2, 0.25) is 0 Å². The van der Waals surface area contributed by atoms with Crippen molar-refractivity contribution in [1.82, 2.24) is 0 Å². The molecule has 0 spiro atoms. The Labute approximate surface area is 296 Å². The molecule has 2 aliphatic heterocycles. The molecule has 0 radical (unpaired) electrons. The number of carbonyl (C=O) groups excluding carboxylic acids is 2. The van der Waals surface area contributed by atoms with Crippen LogP contribution in [0.25, 0.3) is 11.5 Å². The van der Waals surface area contributed by atoms with Gasteiger partial charge in [-0.1, -0.05) is 133 Å². The number of allylic oxidation sites excluding steroid dienone is 2. The van der Waals surface area contributed by atoms with Crippen molar-refractivity contribution in [2.24, 2.45) is 0 Å². The van der Waals surface area contributed by atoms with Crippen LogP contribution in [0.15, 0.2) is 133 Å².